The highest BCUT2D eigenvalue weighted by Gasteiger charge is 2.23. The zero-order valence-electron chi connectivity index (χ0n) is 35.1. The molecule has 10 aromatic rings. The minimum Gasteiger partial charge on any atom is -0.505 e. The zero-order valence-corrected chi connectivity index (χ0v) is 36.7. The molecular formula is C48H33N9O8S2. The average Bonchev–Trinajstić information content (AvgIpc) is 3.77. The van der Waals surface area contributed by atoms with Crippen molar-refractivity contribution in [3.05, 3.63) is 151 Å². The number of aryl methyl sites for hydroxylation is 1. The van der Waals surface area contributed by atoms with Gasteiger partial charge in [-0.25, -0.2) is 0 Å². The van der Waals surface area contributed by atoms with Gasteiger partial charge in [0.25, 0.3) is 20.2 Å². The van der Waals surface area contributed by atoms with Crippen molar-refractivity contribution in [2.24, 2.45) is 30.7 Å². The fourth-order valence-electron chi connectivity index (χ4n) is 7.80. The molecular weight excluding hydrogens is 895 g/mol. The fraction of sp³-hybridized carbons (Fsp3) is 0.0417. The van der Waals surface area contributed by atoms with E-state index in [1.165, 1.54) is 24.0 Å². The molecule has 0 aliphatic rings. The molecule has 1 aromatic heterocycles. The molecule has 17 nitrogen and oxygen atoms in total. The highest BCUT2D eigenvalue weighted by Crippen LogP contribution is 2.41. The topological polar surface area (TPSA) is 243 Å². The number of aromatic nitrogens is 3. The largest absolute Gasteiger partial charge is 0.505 e. The van der Waals surface area contributed by atoms with Gasteiger partial charge in [-0.1, -0.05) is 72.8 Å². The van der Waals surface area contributed by atoms with Crippen molar-refractivity contribution in [3.8, 4) is 17.2 Å². The fourth-order valence-corrected chi connectivity index (χ4v) is 9.14. The molecule has 0 saturated carbocycles. The number of phenols is 1. The molecule has 10 rings (SSSR count). The lowest BCUT2D eigenvalue weighted by atomic mass is 10.1. The predicted octanol–water partition coefficient (Wildman–Crippen LogP) is 12.8. The summed E-state index contributed by atoms with van der Waals surface area (Å²) >= 11 is 0. The van der Waals surface area contributed by atoms with Gasteiger partial charge in [0.2, 0.25) is 0 Å². The van der Waals surface area contributed by atoms with Crippen LogP contribution in [0.1, 0.15) is 5.56 Å². The second-order valence-corrected chi connectivity index (χ2v) is 18.1. The highest BCUT2D eigenvalue weighted by atomic mass is 32.2. The predicted molar refractivity (Wildman–Crippen MR) is 253 cm³/mol. The number of rotatable bonds is 10. The van der Waals surface area contributed by atoms with Crippen LogP contribution in [0.5, 0.6) is 11.5 Å². The van der Waals surface area contributed by atoms with E-state index < -0.39 is 30.0 Å². The van der Waals surface area contributed by atoms with Crippen LogP contribution in [-0.4, -0.2) is 53.2 Å². The second-order valence-electron chi connectivity index (χ2n) is 15.3. The molecule has 1 heterocycles. The summed E-state index contributed by atoms with van der Waals surface area (Å²) in [5.41, 5.74) is 4.75. The Bertz CT molecular complexity index is 4020. The van der Waals surface area contributed by atoms with Gasteiger partial charge in [0.15, 0.2) is 5.75 Å². The lowest BCUT2D eigenvalue weighted by Crippen LogP contribution is -2.04. The van der Waals surface area contributed by atoms with Crippen molar-refractivity contribution < 1.29 is 35.8 Å². The van der Waals surface area contributed by atoms with Crippen molar-refractivity contribution >= 4 is 108 Å². The third-order valence-electron chi connectivity index (χ3n) is 11.1. The Morgan fingerprint density at radius 2 is 1.12 bits per heavy atom. The standard InChI is InChI=1S/C48H33N9O8S2/c1-27-22-44(45(65-2)26-43(27)53-51-40-21-20-39(34-11-5-6-12-35(34)40)50-49-38-13-7-9-28-8-3-4-10-32(28)38)54-52-42-18-14-29-23-30(15-16-33(29)48(42)58)57-55-41-19-17-36-37(47(41)56-57)24-31(66(59,60)61)25-46(36)67(62,63)64/h3-26,58H,1-2H3,(H,59,60,61)(H,62,63,64). The van der Waals surface area contributed by atoms with Crippen molar-refractivity contribution in [1.82, 2.24) is 15.0 Å². The third kappa shape index (κ3) is 8.08. The van der Waals surface area contributed by atoms with Crippen LogP contribution in [0.25, 0.3) is 59.8 Å². The quantitative estimate of drug-likeness (QED) is 0.0865. The Morgan fingerprint density at radius 1 is 0.507 bits per heavy atom. The van der Waals surface area contributed by atoms with Crippen molar-refractivity contribution in [2.75, 3.05) is 7.11 Å². The van der Waals surface area contributed by atoms with Crippen LogP contribution in [0.15, 0.2) is 186 Å². The van der Waals surface area contributed by atoms with Crippen LogP contribution in [0.4, 0.5) is 34.1 Å². The summed E-state index contributed by atoms with van der Waals surface area (Å²) in [5, 5.41) is 52.3. The van der Waals surface area contributed by atoms with Crippen LogP contribution < -0.4 is 4.74 Å². The highest BCUT2D eigenvalue weighted by molar-refractivity contribution is 7.86. The van der Waals surface area contributed by atoms with E-state index >= 15 is 0 Å². The summed E-state index contributed by atoms with van der Waals surface area (Å²) < 4.78 is 73.6. The SMILES string of the molecule is COc1cc(N=Nc2ccc(N=Nc3cccc4ccccc34)c3ccccc23)c(C)cc1N=Nc1ccc2cc(-n3nc4ccc5c(S(=O)(=O)O)cc(S(=O)(=O)O)cc5c4n3)ccc2c1O. The molecule has 0 unspecified atom stereocenters. The lowest BCUT2D eigenvalue weighted by Gasteiger charge is -2.09. The number of aromatic hydroxyl groups is 1. The first-order chi connectivity index (χ1) is 32.2. The van der Waals surface area contributed by atoms with Crippen LogP contribution >= 0.6 is 0 Å². The molecule has 0 aliphatic carbocycles. The lowest BCUT2D eigenvalue weighted by molar-refractivity contribution is 0.416. The Morgan fingerprint density at radius 3 is 1.82 bits per heavy atom. The molecule has 3 N–H and O–H groups in total. The molecule has 0 amide bonds. The van der Waals surface area contributed by atoms with E-state index in [-0.39, 0.29) is 33.2 Å². The number of methoxy groups -OCH3 is 1. The van der Waals surface area contributed by atoms with E-state index in [0.29, 0.717) is 51.0 Å². The van der Waals surface area contributed by atoms with E-state index in [1.54, 1.807) is 42.5 Å². The molecule has 0 atom stereocenters. The van der Waals surface area contributed by atoms with Crippen LogP contribution in [0.3, 0.4) is 0 Å². The van der Waals surface area contributed by atoms with E-state index in [4.69, 9.17) is 4.74 Å². The minimum atomic E-state index is -4.90. The van der Waals surface area contributed by atoms with E-state index in [1.807, 2.05) is 85.8 Å². The average molecular weight is 928 g/mol. The molecule has 19 heteroatoms. The van der Waals surface area contributed by atoms with E-state index in [9.17, 15) is 31.0 Å². The number of ether oxygens (including phenoxy) is 1. The number of benzene rings is 9. The molecule has 0 fully saturated rings. The van der Waals surface area contributed by atoms with Gasteiger partial charge in [-0.05, 0) is 90.0 Å². The minimum absolute atomic E-state index is 0.0129. The molecule has 0 saturated heterocycles. The first kappa shape index (κ1) is 42.6. The molecule has 9 aromatic carbocycles. The maximum Gasteiger partial charge on any atom is 0.295 e. The number of phenolic OH excluding ortho intramolecular Hbond substituents is 1. The zero-order chi connectivity index (χ0) is 46.6. The normalized spacial score (nSPS) is 12.6. The van der Waals surface area contributed by atoms with Crippen molar-refractivity contribution in [2.45, 2.75) is 16.7 Å². The van der Waals surface area contributed by atoms with Gasteiger partial charge in [-0.15, -0.1) is 35.8 Å². The molecule has 0 radical (unpaired) electrons. The maximum absolute atomic E-state index is 12.2. The Hall–Kier alpha value is -8.36. The molecule has 67 heavy (non-hydrogen) atoms. The van der Waals surface area contributed by atoms with Gasteiger partial charge >= 0.3 is 0 Å². The summed E-state index contributed by atoms with van der Waals surface area (Å²) in [5.74, 6) is 0.222. The number of hydrogen-bond acceptors (Lipinski definition) is 14. The monoisotopic (exact) mass is 927 g/mol. The van der Waals surface area contributed by atoms with E-state index in [0.717, 1.165) is 38.9 Å². The van der Waals surface area contributed by atoms with Gasteiger partial charge in [-0.3, -0.25) is 9.11 Å². The molecule has 0 spiro atoms. The first-order valence-electron chi connectivity index (χ1n) is 20.2. The maximum atomic E-state index is 12.2. The molecule has 0 bridgehead atoms. The summed E-state index contributed by atoms with van der Waals surface area (Å²) in [7, 11) is -8.26. The van der Waals surface area contributed by atoms with Crippen LogP contribution in [0, 0.1) is 6.92 Å². The molecule has 0 aliphatic heterocycles. The number of fused-ring (bicyclic) bond motifs is 6. The van der Waals surface area contributed by atoms with Crippen molar-refractivity contribution in [3.63, 3.8) is 0 Å². The smallest absolute Gasteiger partial charge is 0.295 e. The Balaban J connectivity index is 0.910. The Kier molecular flexibility index (Phi) is 10.5. The summed E-state index contributed by atoms with van der Waals surface area (Å²) in [6.07, 6.45) is 0. The number of hydrogen-bond donors (Lipinski definition) is 3. The van der Waals surface area contributed by atoms with Gasteiger partial charge in [-0.2, -0.15) is 26.7 Å². The number of nitrogens with zero attached hydrogens (tertiary/aromatic N) is 9. The van der Waals surface area contributed by atoms with Crippen molar-refractivity contribution in [1.29, 1.82) is 0 Å². The molecule has 330 valence electrons. The van der Waals surface area contributed by atoms with Gasteiger partial charge in [0.1, 0.15) is 33.1 Å². The number of azo groups is 3. The third-order valence-corrected chi connectivity index (χ3v) is 12.8. The van der Waals surface area contributed by atoms with E-state index in [2.05, 4.69) is 40.9 Å². The Labute approximate surface area is 380 Å². The first-order valence-corrected chi connectivity index (χ1v) is 23.1. The summed E-state index contributed by atoms with van der Waals surface area (Å²) in [4.78, 5) is -0.220. The van der Waals surface area contributed by atoms with Gasteiger partial charge < -0.3 is 9.84 Å². The van der Waals surface area contributed by atoms with Crippen LogP contribution in [0.2, 0.25) is 0 Å². The summed E-state index contributed by atoms with van der Waals surface area (Å²) in [6, 6.07) is 41.8. The van der Waals surface area contributed by atoms with Crippen LogP contribution in [-0.2, 0) is 20.2 Å². The van der Waals surface area contributed by atoms with Gasteiger partial charge in [0.05, 0.1) is 40.4 Å². The van der Waals surface area contributed by atoms with Gasteiger partial charge in [0, 0.05) is 38.4 Å². The summed E-state index contributed by atoms with van der Waals surface area (Å²) in [6.45, 7) is 1.86. The second kappa shape index (κ2) is 16.6.